The Bertz CT molecular complexity index is 204. The molecule has 0 aromatic carbocycles. The summed E-state index contributed by atoms with van der Waals surface area (Å²) in [6, 6.07) is 0. The first kappa shape index (κ1) is 6.86. The van der Waals surface area contributed by atoms with Gasteiger partial charge in [-0.25, -0.2) is 0 Å². The monoisotopic (exact) mass is 139 g/mol. The maximum atomic E-state index is 8.87. The lowest BCUT2D eigenvalue weighted by molar-refractivity contribution is 0.213. The van der Waals surface area contributed by atoms with E-state index >= 15 is 0 Å². The second kappa shape index (κ2) is 3.06. The Morgan fingerprint density at radius 2 is 2.40 bits per heavy atom. The third-order valence-electron chi connectivity index (χ3n) is 1.18. The van der Waals surface area contributed by atoms with Crippen molar-refractivity contribution in [1.82, 2.24) is 0 Å². The standard InChI is InChI=1S/C7H9NO2/c1-10-8-6-2-4-7(9)5-3-6/h2,4-5,9H,3H2,1H3. The molecular weight excluding hydrogens is 130 g/mol. The normalized spacial score (nSPS) is 20.9. The first-order chi connectivity index (χ1) is 4.83. The second-order valence-electron chi connectivity index (χ2n) is 1.93. The smallest absolute Gasteiger partial charge is 0.112 e. The summed E-state index contributed by atoms with van der Waals surface area (Å²) >= 11 is 0. The first-order valence-corrected chi connectivity index (χ1v) is 3.00. The van der Waals surface area contributed by atoms with Crippen LogP contribution < -0.4 is 0 Å². The van der Waals surface area contributed by atoms with Gasteiger partial charge in [0.25, 0.3) is 0 Å². The first-order valence-electron chi connectivity index (χ1n) is 3.00. The molecule has 1 aliphatic carbocycles. The number of nitrogens with zero attached hydrogens (tertiary/aromatic N) is 1. The van der Waals surface area contributed by atoms with Crippen LogP contribution in [0.1, 0.15) is 6.42 Å². The van der Waals surface area contributed by atoms with Crippen LogP contribution in [0, 0.1) is 0 Å². The minimum absolute atomic E-state index is 0.287. The van der Waals surface area contributed by atoms with E-state index in [1.165, 1.54) is 7.11 Å². The Labute approximate surface area is 59.3 Å². The number of allylic oxidation sites excluding steroid dienone is 3. The molecule has 0 saturated heterocycles. The lowest BCUT2D eigenvalue weighted by Crippen LogP contribution is -1.97. The van der Waals surface area contributed by atoms with Gasteiger partial charge in [-0.3, -0.25) is 0 Å². The third-order valence-corrected chi connectivity index (χ3v) is 1.18. The van der Waals surface area contributed by atoms with Crippen LogP contribution in [-0.2, 0) is 4.84 Å². The minimum atomic E-state index is 0.287. The van der Waals surface area contributed by atoms with Crippen LogP contribution in [-0.4, -0.2) is 17.9 Å². The minimum Gasteiger partial charge on any atom is -0.508 e. The van der Waals surface area contributed by atoms with Crippen molar-refractivity contribution in [2.24, 2.45) is 5.16 Å². The van der Waals surface area contributed by atoms with E-state index in [4.69, 9.17) is 5.11 Å². The molecule has 54 valence electrons. The topological polar surface area (TPSA) is 41.8 Å². The van der Waals surface area contributed by atoms with Gasteiger partial charge < -0.3 is 9.94 Å². The van der Waals surface area contributed by atoms with E-state index in [-0.39, 0.29) is 5.76 Å². The van der Waals surface area contributed by atoms with E-state index in [9.17, 15) is 0 Å². The summed E-state index contributed by atoms with van der Waals surface area (Å²) in [6.45, 7) is 0. The van der Waals surface area contributed by atoms with Gasteiger partial charge in [-0.05, 0) is 18.2 Å². The predicted molar refractivity (Wildman–Crippen MR) is 38.9 cm³/mol. The van der Waals surface area contributed by atoms with Crippen LogP contribution in [0.25, 0.3) is 0 Å². The molecule has 0 atom stereocenters. The number of aliphatic hydroxyl groups excluding tert-OH is 1. The van der Waals surface area contributed by atoms with Gasteiger partial charge in [0, 0.05) is 6.42 Å². The molecule has 0 bridgehead atoms. The molecule has 0 spiro atoms. The molecule has 3 heteroatoms. The molecule has 0 saturated carbocycles. The summed E-state index contributed by atoms with van der Waals surface area (Å²) in [6.07, 6.45) is 5.62. The van der Waals surface area contributed by atoms with Crippen molar-refractivity contribution < 1.29 is 9.94 Å². The number of aliphatic hydroxyl groups is 1. The summed E-state index contributed by atoms with van der Waals surface area (Å²) < 4.78 is 0. The highest BCUT2D eigenvalue weighted by molar-refractivity contribution is 5.96. The Balaban J connectivity index is 2.60. The molecule has 10 heavy (non-hydrogen) atoms. The summed E-state index contributed by atoms with van der Waals surface area (Å²) in [5, 5.41) is 12.6. The van der Waals surface area contributed by atoms with Crippen LogP contribution in [0.5, 0.6) is 0 Å². The molecule has 0 fully saturated rings. The molecule has 0 aromatic heterocycles. The van der Waals surface area contributed by atoms with Crippen molar-refractivity contribution in [3.63, 3.8) is 0 Å². The highest BCUT2D eigenvalue weighted by Crippen LogP contribution is 2.04. The maximum Gasteiger partial charge on any atom is 0.112 e. The van der Waals surface area contributed by atoms with Crippen molar-refractivity contribution in [3.05, 3.63) is 24.0 Å². The van der Waals surface area contributed by atoms with Gasteiger partial charge in [0.15, 0.2) is 0 Å². The Kier molecular flexibility index (Phi) is 2.10. The Morgan fingerprint density at radius 3 is 2.90 bits per heavy atom. The van der Waals surface area contributed by atoms with E-state index in [1.807, 2.05) is 0 Å². The van der Waals surface area contributed by atoms with Gasteiger partial charge in [-0.15, -0.1) is 0 Å². The lowest BCUT2D eigenvalue weighted by Gasteiger charge is -2.01. The quantitative estimate of drug-likeness (QED) is 0.558. The average molecular weight is 139 g/mol. The van der Waals surface area contributed by atoms with E-state index in [2.05, 4.69) is 9.99 Å². The van der Waals surface area contributed by atoms with Crippen molar-refractivity contribution >= 4 is 5.71 Å². The zero-order valence-electron chi connectivity index (χ0n) is 5.74. The molecule has 0 unspecified atom stereocenters. The number of oxime groups is 1. The van der Waals surface area contributed by atoms with E-state index in [0.717, 1.165) is 5.71 Å². The largest absolute Gasteiger partial charge is 0.508 e. The third kappa shape index (κ3) is 1.62. The summed E-state index contributed by atoms with van der Waals surface area (Å²) in [4.78, 5) is 4.54. The molecule has 3 nitrogen and oxygen atoms in total. The predicted octanol–water partition coefficient (Wildman–Crippen LogP) is 1.39. The van der Waals surface area contributed by atoms with Gasteiger partial charge in [-0.2, -0.15) is 0 Å². The van der Waals surface area contributed by atoms with E-state index < -0.39 is 0 Å². The highest BCUT2D eigenvalue weighted by atomic mass is 16.6. The zero-order chi connectivity index (χ0) is 7.40. The van der Waals surface area contributed by atoms with Crippen molar-refractivity contribution in [1.29, 1.82) is 0 Å². The van der Waals surface area contributed by atoms with Crippen LogP contribution >= 0.6 is 0 Å². The number of hydrogen-bond acceptors (Lipinski definition) is 3. The van der Waals surface area contributed by atoms with Crippen LogP contribution in [0.4, 0.5) is 0 Å². The van der Waals surface area contributed by atoms with E-state index in [0.29, 0.717) is 6.42 Å². The summed E-state index contributed by atoms with van der Waals surface area (Å²) in [7, 11) is 1.50. The zero-order valence-corrected chi connectivity index (χ0v) is 5.74. The van der Waals surface area contributed by atoms with Gasteiger partial charge >= 0.3 is 0 Å². The molecule has 0 radical (unpaired) electrons. The molecule has 0 aliphatic heterocycles. The van der Waals surface area contributed by atoms with Crippen molar-refractivity contribution in [3.8, 4) is 0 Å². The molecule has 1 N–H and O–H groups in total. The van der Waals surface area contributed by atoms with Gasteiger partial charge in [0.05, 0.1) is 5.71 Å². The Morgan fingerprint density at radius 1 is 1.60 bits per heavy atom. The fourth-order valence-electron chi connectivity index (χ4n) is 0.712. The summed E-state index contributed by atoms with van der Waals surface area (Å²) in [5.74, 6) is 0.287. The fraction of sp³-hybridized carbons (Fsp3) is 0.286. The molecule has 0 amide bonds. The molecule has 1 aliphatic rings. The second-order valence-corrected chi connectivity index (χ2v) is 1.93. The molecular formula is C7H9NO2. The number of rotatable bonds is 1. The van der Waals surface area contributed by atoms with Gasteiger partial charge in [-0.1, -0.05) is 5.16 Å². The van der Waals surface area contributed by atoms with Crippen LogP contribution in [0.2, 0.25) is 0 Å². The van der Waals surface area contributed by atoms with Gasteiger partial charge in [0.2, 0.25) is 0 Å². The lowest BCUT2D eigenvalue weighted by atomic mass is 10.1. The average Bonchev–Trinajstić information content (AvgIpc) is 1.95. The van der Waals surface area contributed by atoms with Crippen LogP contribution in [0.3, 0.4) is 0 Å². The van der Waals surface area contributed by atoms with Crippen molar-refractivity contribution in [2.75, 3.05) is 7.11 Å². The van der Waals surface area contributed by atoms with Gasteiger partial charge in [0.1, 0.15) is 12.9 Å². The van der Waals surface area contributed by atoms with Crippen molar-refractivity contribution in [2.45, 2.75) is 6.42 Å². The molecule has 0 heterocycles. The van der Waals surface area contributed by atoms with Crippen LogP contribution in [0.15, 0.2) is 29.1 Å². The summed E-state index contributed by atoms with van der Waals surface area (Å²) in [5.41, 5.74) is 0.820. The Hall–Kier alpha value is -1.25. The maximum absolute atomic E-state index is 8.87. The highest BCUT2D eigenvalue weighted by Gasteiger charge is 1.99. The SMILES string of the molecule is CON=C1C=CC(O)=CC1. The van der Waals surface area contributed by atoms with E-state index in [1.54, 1.807) is 18.2 Å². The fourth-order valence-corrected chi connectivity index (χ4v) is 0.712. The molecule has 1 rings (SSSR count). The molecule has 0 aromatic rings. The number of hydrogen-bond donors (Lipinski definition) is 1.